The number of piperazine rings is 1. The van der Waals surface area contributed by atoms with Crippen LogP contribution in [0, 0.1) is 17.3 Å². The van der Waals surface area contributed by atoms with Crippen molar-refractivity contribution in [3.8, 4) is 0 Å². The van der Waals surface area contributed by atoms with E-state index in [-0.39, 0.29) is 0 Å². The molecule has 0 aromatic rings. The van der Waals surface area contributed by atoms with E-state index in [0.29, 0.717) is 11.5 Å². The quantitative estimate of drug-likeness (QED) is 0.704. The van der Waals surface area contributed by atoms with Crippen LogP contribution in [0.1, 0.15) is 59.8 Å². The molecule has 2 heterocycles. The maximum absolute atomic E-state index is 2.83. The fourth-order valence-corrected chi connectivity index (χ4v) is 5.22. The molecule has 3 fully saturated rings. The molecule has 2 saturated heterocycles. The van der Waals surface area contributed by atoms with Crippen molar-refractivity contribution in [2.45, 2.75) is 65.8 Å². The Morgan fingerprint density at radius 3 is 2.21 bits per heavy atom. The average Bonchev–Trinajstić information content (AvgIpc) is 3.26. The van der Waals surface area contributed by atoms with Gasteiger partial charge in [0.05, 0.1) is 0 Å². The molecule has 1 aliphatic carbocycles. The third kappa shape index (κ3) is 5.19. The van der Waals surface area contributed by atoms with Crippen LogP contribution < -0.4 is 0 Å². The lowest BCUT2D eigenvalue weighted by atomic mass is 9.91. The summed E-state index contributed by atoms with van der Waals surface area (Å²) in [5, 5.41) is 0. The number of piperidine rings is 1. The second-order valence-corrected chi connectivity index (χ2v) is 9.77. The maximum atomic E-state index is 2.83. The van der Waals surface area contributed by atoms with Crippen molar-refractivity contribution in [3.63, 3.8) is 0 Å². The van der Waals surface area contributed by atoms with E-state index in [0.717, 1.165) is 11.8 Å². The molecule has 3 rings (SSSR count). The molecule has 0 radical (unpaired) electrons. The Labute approximate surface area is 150 Å². The van der Waals surface area contributed by atoms with Crippen molar-refractivity contribution in [3.05, 3.63) is 0 Å². The topological polar surface area (TPSA) is 9.72 Å². The molecule has 1 saturated carbocycles. The second kappa shape index (κ2) is 8.05. The Morgan fingerprint density at radius 2 is 1.62 bits per heavy atom. The van der Waals surface area contributed by atoms with Gasteiger partial charge < -0.3 is 9.80 Å². The van der Waals surface area contributed by atoms with Crippen molar-refractivity contribution < 1.29 is 0 Å². The van der Waals surface area contributed by atoms with E-state index in [1.807, 2.05) is 0 Å². The summed E-state index contributed by atoms with van der Waals surface area (Å²) in [4.78, 5) is 8.20. The fourth-order valence-electron chi connectivity index (χ4n) is 5.22. The molecule has 3 nitrogen and oxygen atoms in total. The largest absolute Gasteiger partial charge is 0.302 e. The van der Waals surface area contributed by atoms with Crippen molar-refractivity contribution >= 4 is 0 Å². The first-order valence-electron chi connectivity index (χ1n) is 10.6. The molecule has 0 spiro atoms. The van der Waals surface area contributed by atoms with Crippen molar-refractivity contribution in [2.24, 2.45) is 17.3 Å². The lowest BCUT2D eigenvalue weighted by Crippen LogP contribution is -2.51. The molecule has 0 amide bonds. The Hall–Kier alpha value is -0.120. The van der Waals surface area contributed by atoms with Gasteiger partial charge in [-0.15, -0.1) is 0 Å². The maximum Gasteiger partial charge on any atom is 0.0113 e. The predicted molar refractivity (Wildman–Crippen MR) is 103 cm³/mol. The third-order valence-corrected chi connectivity index (χ3v) is 6.61. The Bertz CT molecular complexity index is 381. The first-order chi connectivity index (χ1) is 11.5. The number of likely N-dealkylation sites (tertiary alicyclic amines) is 1. The zero-order chi connectivity index (χ0) is 17.2. The highest BCUT2D eigenvalue weighted by Crippen LogP contribution is 2.51. The third-order valence-electron chi connectivity index (χ3n) is 6.61. The number of hydrogen-bond donors (Lipinski definition) is 0. The molecule has 3 heteroatoms. The lowest BCUT2D eigenvalue weighted by Gasteiger charge is -2.41. The van der Waals surface area contributed by atoms with E-state index in [4.69, 9.17) is 0 Å². The minimum atomic E-state index is 0.707. The Balaban J connectivity index is 1.41. The monoisotopic (exact) mass is 335 g/mol. The summed E-state index contributed by atoms with van der Waals surface area (Å²) < 4.78 is 0. The van der Waals surface area contributed by atoms with Crippen LogP contribution in [0.15, 0.2) is 0 Å². The fraction of sp³-hybridized carbons (Fsp3) is 1.00. The van der Waals surface area contributed by atoms with Crippen molar-refractivity contribution in [1.29, 1.82) is 0 Å². The molecule has 24 heavy (non-hydrogen) atoms. The zero-order valence-corrected chi connectivity index (χ0v) is 16.8. The van der Waals surface area contributed by atoms with E-state index in [9.17, 15) is 0 Å². The van der Waals surface area contributed by atoms with Crippen LogP contribution in [-0.2, 0) is 0 Å². The molecular formula is C21H41N3. The summed E-state index contributed by atoms with van der Waals surface area (Å²) in [6.07, 6.45) is 7.31. The van der Waals surface area contributed by atoms with Crippen LogP contribution in [0.25, 0.3) is 0 Å². The van der Waals surface area contributed by atoms with Gasteiger partial charge in [0.15, 0.2) is 0 Å². The average molecular weight is 336 g/mol. The molecule has 0 unspecified atom stereocenters. The van der Waals surface area contributed by atoms with Gasteiger partial charge in [-0.3, -0.25) is 4.90 Å². The van der Waals surface area contributed by atoms with Crippen LogP contribution in [0.2, 0.25) is 0 Å². The van der Waals surface area contributed by atoms with Gasteiger partial charge >= 0.3 is 0 Å². The molecule has 3 aliphatic rings. The Morgan fingerprint density at radius 1 is 0.917 bits per heavy atom. The van der Waals surface area contributed by atoms with E-state index in [1.165, 1.54) is 84.5 Å². The lowest BCUT2D eigenvalue weighted by molar-refractivity contribution is 0.0705. The molecule has 140 valence electrons. The SMILES string of the molecule is CC(C)CC1(CN2CCC[C@H](CN3CCN(C(C)C)CC3)C2)CC1. The first kappa shape index (κ1) is 18.7. The number of nitrogens with zero attached hydrogens (tertiary/aromatic N) is 3. The van der Waals surface area contributed by atoms with Crippen LogP contribution in [0.5, 0.6) is 0 Å². The van der Waals surface area contributed by atoms with Crippen molar-refractivity contribution in [1.82, 2.24) is 14.7 Å². The minimum Gasteiger partial charge on any atom is -0.302 e. The molecule has 2 aliphatic heterocycles. The summed E-state index contributed by atoms with van der Waals surface area (Å²) in [5.41, 5.74) is 0.707. The van der Waals surface area contributed by atoms with Gasteiger partial charge in [0.2, 0.25) is 0 Å². The minimum absolute atomic E-state index is 0.707. The molecule has 0 aromatic carbocycles. The second-order valence-electron chi connectivity index (χ2n) is 9.77. The normalized spacial score (nSPS) is 29.5. The van der Waals surface area contributed by atoms with Gasteiger partial charge in [0, 0.05) is 51.9 Å². The van der Waals surface area contributed by atoms with Gasteiger partial charge in [-0.1, -0.05) is 13.8 Å². The van der Waals surface area contributed by atoms with E-state index >= 15 is 0 Å². The smallest absolute Gasteiger partial charge is 0.0113 e. The zero-order valence-electron chi connectivity index (χ0n) is 16.8. The summed E-state index contributed by atoms with van der Waals surface area (Å²) in [6, 6.07) is 0.716. The van der Waals surface area contributed by atoms with Gasteiger partial charge in [-0.2, -0.15) is 0 Å². The van der Waals surface area contributed by atoms with E-state index < -0.39 is 0 Å². The molecule has 0 bridgehead atoms. The van der Waals surface area contributed by atoms with Crippen LogP contribution in [0.3, 0.4) is 0 Å². The van der Waals surface area contributed by atoms with Gasteiger partial charge in [0.25, 0.3) is 0 Å². The van der Waals surface area contributed by atoms with Gasteiger partial charge in [0.1, 0.15) is 0 Å². The summed E-state index contributed by atoms with van der Waals surface area (Å²) in [5.74, 6) is 1.78. The highest BCUT2D eigenvalue weighted by atomic mass is 15.3. The van der Waals surface area contributed by atoms with Gasteiger partial charge in [-0.25, -0.2) is 0 Å². The van der Waals surface area contributed by atoms with Crippen molar-refractivity contribution in [2.75, 3.05) is 52.4 Å². The van der Waals surface area contributed by atoms with Gasteiger partial charge in [-0.05, 0) is 69.7 Å². The highest BCUT2D eigenvalue weighted by Gasteiger charge is 2.44. The Kier molecular flexibility index (Phi) is 6.26. The molecular weight excluding hydrogens is 294 g/mol. The molecule has 0 aromatic heterocycles. The first-order valence-corrected chi connectivity index (χ1v) is 10.6. The van der Waals surface area contributed by atoms with E-state index in [2.05, 4.69) is 42.4 Å². The molecule has 0 N–H and O–H groups in total. The molecule has 1 atom stereocenters. The summed E-state index contributed by atoms with van der Waals surface area (Å²) >= 11 is 0. The predicted octanol–water partition coefficient (Wildman–Crippen LogP) is 3.55. The number of hydrogen-bond acceptors (Lipinski definition) is 3. The van der Waals surface area contributed by atoms with Crippen LogP contribution in [0.4, 0.5) is 0 Å². The highest BCUT2D eigenvalue weighted by molar-refractivity contribution is 4.97. The summed E-state index contributed by atoms with van der Waals surface area (Å²) in [6.45, 7) is 20.0. The van der Waals surface area contributed by atoms with Crippen LogP contribution in [-0.4, -0.2) is 73.1 Å². The van der Waals surface area contributed by atoms with E-state index in [1.54, 1.807) is 0 Å². The summed E-state index contributed by atoms with van der Waals surface area (Å²) in [7, 11) is 0. The standard InChI is InChI=1S/C21H41N3/c1-18(2)14-21(7-8-21)17-23-9-5-6-20(16-23)15-22-10-12-24(13-11-22)19(3)4/h18-20H,5-17H2,1-4H3/t20-/m1/s1. The van der Waals surface area contributed by atoms with Crippen LogP contribution >= 0.6 is 0 Å². The number of rotatable bonds is 7.